The molecule has 0 spiro atoms. The summed E-state index contributed by atoms with van der Waals surface area (Å²) in [5.41, 5.74) is 14.1. The number of benzene rings is 3. The number of nitrogens with two attached hydrogens (primary N) is 2. The number of aliphatic carboxylic acids is 1. The molecule has 8 rings (SSSR count). The summed E-state index contributed by atoms with van der Waals surface area (Å²) in [6.07, 6.45) is -12.4. The zero-order valence-corrected chi connectivity index (χ0v) is 62.1. The van der Waals surface area contributed by atoms with Crippen LogP contribution >= 0.6 is 0 Å². The fraction of sp³-hybridized carbons (Fsp3) is 0.541. The van der Waals surface area contributed by atoms with E-state index in [1.165, 1.54) is 68.0 Å². The number of aliphatic hydroxyl groups excluding tert-OH is 7. The van der Waals surface area contributed by atoms with E-state index in [1.54, 1.807) is 68.6 Å². The number of carbonyl (C=O) groups excluding carboxylic acids is 11. The normalized spacial score (nSPS) is 25.0. The average Bonchev–Trinajstić information content (AvgIpc) is 1.62. The van der Waals surface area contributed by atoms with Gasteiger partial charge in [-0.3, -0.25) is 57.5 Å². The Labute approximate surface area is 633 Å². The number of aromatic nitrogens is 2. The lowest BCUT2D eigenvalue weighted by Gasteiger charge is -2.36. The van der Waals surface area contributed by atoms with E-state index in [9.17, 15) is 79.5 Å². The number of carbonyl (C=O) groups is 12. The second-order valence-corrected chi connectivity index (χ2v) is 29.2. The quantitative estimate of drug-likeness (QED) is 0.0275. The highest BCUT2D eigenvalue weighted by Gasteiger charge is 2.46. The molecule has 5 aromatic rings. The zero-order valence-electron chi connectivity index (χ0n) is 62.1. The van der Waals surface area contributed by atoms with Crippen LogP contribution in [0.3, 0.4) is 0 Å². The number of primary amides is 1. The number of hydrogen-bond acceptors (Lipinski definition) is 22. The van der Waals surface area contributed by atoms with Gasteiger partial charge in [0.05, 0.1) is 31.2 Å². The Morgan fingerprint density at radius 2 is 1.31 bits per heavy atom. The first-order valence-electron chi connectivity index (χ1n) is 36.5. The monoisotopic (exact) mass is 1540 g/mol. The van der Waals surface area contributed by atoms with Crippen molar-refractivity contribution in [2.24, 2.45) is 23.3 Å². The molecule has 11 amide bonds. The van der Waals surface area contributed by atoms with Gasteiger partial charge in [0, 0.05) is 107 Å². The topological polar surface area (TPSA) is 557 Å². The number of aromatic amines is 1. The van der Waals surface area contributed by atoms with Crippen LogP contribution in [0, 0.1) is 11.8 Å². The molecule has 0 bridgehead atoms. The zero-order chi connectivity index (χ0) is 80.7. The summed E-state index contributed by atoms with van der Waals surface area (Å²) in [6.45, 7) is 1.23. The number of fused-ring (bicyclic) bond motifs is 4. The van der Waals surface area contributed by atoms with Gasteiger partial charge in [-0.25, -0.2) is 0 Å². The number of phenols is 1. The Morgan fingerprint density at radius 1 is 0.691 bits per heavy atom. The molecule has 36 nitrogen and oxygen atoms in total. The van der Waals surface area contributed by atoms with Gasteiger partial charge < -0.3 is 124 Å². The van der Waals surface area contributed by atoms with Crippen LogP contribution < -0.4 is 48.7 Å². The Kier molecular flexibility index (Phi) is 29.9. The van der Waals surface area contributed by atoms with Gasteiger partial charge >= 0.3 is 5.97 Å². The van der Waals surface area contributed by atoms with Gasteiger partial charge in [-0.2, -0.15) is 0 Å². The minimum atomic E-state index is -2.33. The molecule has 3 aromatic carbocycles. The van der Waals surface area contributed by atoms with Crippen LogP contribution in [0.4, 0.5) is 0 Å². The molecule has 0 radical (unpaired) electrons. The van der Waals surface area contributed by atoms with Gasteiger partial charge in [-0.15, -0.1) is 0 Å². The van der Waals surface area contributed by atoms with E-state index in [0.29, 0.717) is 38.5 Å². The van der Waals surface area contributed by atoms with Crippen molar-refractivity contribution in [1.29, 1.82) is 0 Å². The number of carboxylic acids is 1. The number of likely N-dealkylation sites (N-methyl/N-ethyl adjacent to an activating group) is 2. The summed E-state index contributed by atoms with van der Waals surface area (Å²) >= 11 is 0. The van der Waals surface area contributed by atoms with Crippen molar-refractivity contribution >= 4 is 92.8 Å². The predicted octanol–water partition coefficient (Wildman–Crippen LogP) is -5.22. The highest BCUT2D eigenvalue weighted by molar-refractivity contribution is 6.00. The fourth-order valence-electron chi connectivity index (χ4n) is 14.3. The molecule has 0 saturated carbocycles. The third-order valence-corrected chi connectivity index (χ3v) is 20.5. The number of nitrogens with one attached hydrogen (secondary N) is 8. The Balaban J connectivity index is 1.30. The highest BCUT2D eigenvalue weighted by atomic mass is 16.4. The van der Waals surface area contributed by atoms with E-state index < -0.39 is 232 Å². The molecule has 3 aliphatic rings. The molecule has 21 N–H and O–H groups in total. The van der Waals surface area contributed by atoms with Crippen molar-refractivity contribution in [2.75, 3.05) is 53.9 Å². The number of phenolic OH excluding ortho intramolecular Hbond substituents is 1. The number of hydrogen-bond donors (Lipinski definition) is 19. The van der Waals surface area contributed by atoms with Crippen LogP contribution in [-0.4, -0.2) is 297 Å². The van der Waals surface area contributed by atoms with Crippen molar-refractivity contribution in [3.63, 3.8) is 0 Å². The Morgan fingerprint density at radius 3 is 1.96 bits per heavy atom. The van der Waals surface area contributed by atoms with Crippen molar-refractivity contribution in [2.45, 2.75) is 189 Å². The lowest BCUT2D eigenvalue weighted by atomic mass is 9.86. The molecular formula is C74H103N15O21. The molecule has 3 saturated heterocycles. The van der Waals surface area contributed by atoms with Crippen LogP contribution in [0.2, 0.25) is 0 Å². The fourth-order valence-corrected chi connectivity index (χ4v) is 14.3. The molecule has 3 fully saturated rings. The molecule has 36 heteroatoms. The Bertz CT molecular complexity index is 4120. The van der Waals surface area contributed by atoms with Gasteiger partial charge in [0.1, 0.15) is 91.1 Å². The number of aromatic hydroxyl groups is 1. The third kappa shape index (κ3) is 21.4. The minimum absolute atomic E-state index is 0.0103. The number of H-pyrrole nitrogens is 1. The molecule has 17 atom stereocenters. The lowest BCUT2D eigenvalue weighted by Crippen LogP contribution is -2.61. The highest BCUT2D eigenvalue weighted by Crippen LogP contribution is 2.29. The summed E-state index contributed by atoms with van der Waals surface area (Å²) in [5.74, 6) is -13.8. The number of amides is 11. The first-order valence-corrected chi connectivity index (χ1v) is 36.5. The van der Waals surface area contributed by atoms with Crippen molar-refractivity contribution < 1.29 is 103 Å². The number of rotatable bonds is 24. The van der Waals surface area contributed by atoms with E-state index in [2.05, 4.69) is 42.2 Å². The molecule has 5 heterocycles. The standard InChI is InChI=1S/C74H103N15O21/c1-37(2)24-51-74(110)89-34-43(92)28-57(89)70(106)80-50(26-40-31-77-47-14-9-7-12-44(40)47)67(103)79-49(66(102)83-52(72(108)85(4)5)27-41-33-87(35-61(96)97)55-15-10-8-13-45(41)55)22-21-48(78-32-58(93)62(98)64(100)63(99)59(94)36-90)46(25-39-17-19-42(91)20-18-39)71(107)86(6)38(3)65(101)81-53(29-60(76)95)73(109)88-23-11-16-56(88)69(105)84-54(30-75)68(104)82-51/h7-10,12-15,17-20,31,33,37-38,43,46,48-54,56-59,62-64,77-78,90-94,98-100H,11,16,21-30,32,34-36,75H2,1-6H3,(H2,76,95)(H,79,103)(H,80,106)(H,81,101)(H,82,104)(H,83,102)(H,84,105)(H,96,97)/t38-,43+,46+,48?,49-,50-,51-,52-,53-,54-,56-,57-,58+,59+,62-,63-,64+/m0/s1. The van der Waals surface area contributed by atoms with Gasteiger partial charge in [0.25, 0.3) is 0 Å². The second-order valence-electron chi connectivity index (χ2n) is 29.2. The molecular weight excluding hydrogens is 1430 g/mol. The third-order valence-electron chi connectivity index (χ3n) is 20.5. The maximum absolute atomic E-state index is 15.8. The molecule has 600 valence electrons. The van der Waals surface area contributed by atoms with Crippen LogP contribution in [0.25, 0.3) is 21.8 Å². The number of nitrogens with zero attached hydrogens (tertiary/aromatic N) is 5. The second kappa shape index (κ2) is 38.5. The van der Waals surface area contributed by atoms with Crippen LogP contribution in [-0.2, 0) is 83.3 Å². The van der Waals surface area contributed by atoms with E-state index in [0.717, 1.165) is 14.7 Å². The van der Waals surface area contributed by atoms with Gasteiger partial charge in [0.15, 0.2) is 0 Å². The first kappa shape index (κ1) is 85.4. The molecule has 1 unspecified atom stereocenters. The van der Waals surface area contributed by atoms with E-state index in [1.807, 2.05) is 0 Å². The minimum Gasteiger partial charge on any atom is -0.508 e. The summed E-state index contributed by atoms with van der Waals surface area (Å²) in [6, 6.07) is 3.28. The average molecular weight is 1540 g/mol. The molecule has 110 heavy (non-hydrogen) atoms. The van der Waals surface area contributed by atoms with E-state index in [-0.39, 0.29) is 56.7 Å². The maximum atomic E-state index is 15.8. The van der Waals surface area contributed by atoms with Crippen molar-refractivity contribution in [1.82, 2.24) is 66.4 Å². The Hall–Kier alpha value is -10.2. The lowest BCUT2D eigenvalue weighted by molar-refractivity contribution is -0.146. The largest absolute Gasteiger partial charge is 0.508 e. The molecule has 3 aliphatic heterocycles. The van der Waals surface area contributed by atoms with Crippen LogP contribution in [0.15, 0.2) is 85.2 Å². The molecule has 2 aromatic heterocycles. The van der Waals surface area contributed by atoms with Gasteiger partial charge in [-0.05, 0) is 92.3 Å². The summed E-state index contributed by atoms with van der Waals surface area (Å²) in [4.78, 5) is 183. The summed E-state index contributed by atoms with van der Waals surface area (Å²) in [7, 11) is 4.03. The van der Waals surface area contributed by atoms with E-state index >= 15 is 24.0 Å². The van der Waals surface area contributed by atoms with Gasteiger partial charge in [-0.1, -0.05) is 62.4 Å². The van der Waals surface area contributed by atoms with Gasteiger partial charge in [0.2, 0.25) is 65.0 Å². The number of aliphatic hydroxyl groups is 7. The SMILES string of the molecule is CC(C)C[C@@H]1NC(=O)[C@H](CN)NC(=O)[C@@H]2CCCN2C(=O)[C@H](CC(N)=O)NC(=O)[C@H](C)N(C)C(=O)[C@H](Cc2ccc(O)cc2)C(NC[C@@H](O)[C@H](O)[C@@H](O)[C@@H](O)[C@H](O)CO)CC[C@@H](C(=O)N[C@@H](Cc2cn(CC(=O)O)c3ccccc23)C(=O)N(C)C)NC(=O)[C@H](Cc2c[nH]c3ccccc23)NC(=O)[C@@H]2C[C@@H](O)CN2C1=O. The predicted molar refractivity (Wildman–Crippen MR) is 394 cm³/mol. The first-order chi connectivity index (χ1) is 52.1. The maximum Gasteiger partial charge on any atom is 0.323 e. The van der Waals surface area contributed by atoms with Crippen LogP contribution in [0.1, 0.15) is 82.4 Å². The van der Waals surface area contributed by atoms with Crippen molar-refractivity contribution in [3.8, 4) is 5.75 Å². The molecule has 0 aliphatic carbocycles. The van der Waals surface area contributed by atoms with E-state index in [4.69, 9.17) is 11.5 Å². The number of para-hydroxylation sites is 2. The summed E-state index contributed by atoms with van der Waals surface area (Å²) in [5, 5.41) is 116. The smallest absolute Gasteiger partial charge is 0.323 e. The van der Waals surface area contributed by atoms with Crippen molar-refractivity contribution in [3.05, 3.63) is 102 Å². The van der Waals surface area contributed by atoms with Crippen LogP contribution in [0.5, 0.6) is 5.75 Å². The number of carboxylic acid groups (broad SMARTS) is 1. The summed E-state index contributed by atoms with van der Waals surface area (Å²) < 4.78 is 1.44.